The van der Waals surface area contributed by atoms with Crippen LogP contribution in [0.2, 0.25) is 0 Å². The number of amides is 3. The van der Waals surface area contributed by atoms with Gasteiger partial charge in [-0.2, -0.15) is 0 Å². The van der Waals surface area contributed by atoms with Gasteiger partial charge in [0.05, 0.1) is 0 Å². The van der Waals surface area contributed by atoms with E-state index in [-0.39, 0.29) is 5.91 Å². The van der Waals surface area contributed by atoms with Gasteiger partial charge >= 0.3 is 6.03 Å². The fourth-order valence-electron chi connectivity index (χ4n) is 2.20. The first-order chi connectivity index (χ1) is 8.49. The molecule has 0 radical (unpaired) electrons. The van der Waals surface area contributed by atoms with E-state index in [1.54, 1.807) is 0 Å². The van der Waals surface area contributed by atoms with Gasteiger partial charge in [-0.05, 0) is 33.2 Å². The first-order valence-corrected chi connectivity index (χ1v) is 6.55. The molecule has 0 aromatic heterocycles. The van der Waals surface area contributed by atoms with Gasteiger partial charge in [-0.25, -0.2) is 4.79 Å². The van der Waals surface area contributed by atoms with Gasteiger partial charge in [0.15, 0.2) is 0 Å². The molecule has 1 fully saturated rings. The van der Waals surface area contributed by atoms with Gasteiger partial charge in [-0.1, -0.05) is 0 Å². The van der Waals surface area contributed by atoms with Crippen LogP contribution in [0.4, 0.5) is 4.79 Å². The average Bonchev–Trinajstić information content (AvgIpc) is 2.75. The number of nitrogens with one attached hydrogen (secondary N) is 2. The maximum absolute atomic E-state index is 11.4. The molecule has 0 aliphatic carbocycles. The highest BCUT2D eigenvalue weighted by Gasteiger charge is 2.20. The molecule has 1 aliphatic rings. The lowest BCUT2D eigenvalue weighted by molar-refractivity contribution is -0.120. The predicted molar refractivity (Wildman–Crippen MR) is 70.1 cm³/mol. The Morgan fingerprint density at radius 1 is 1.50 bits per heavy atom. The highest BCUT2D eigenvalue weighted by atomic mass is 16.2. The molecule has 0 bridgehead atoms. The van der Waals surface area contributed by atoms with Crippen LogP contribution in [0.3, 0.4) is 0 Å². The third-order valence-electron chi connectivity index (χ3n) is 3.24. The van der Waals surface area contributed by atoms with Gasteiger partial charge in [-0.15, -0.1) is 0 Å². The molecule has 6 nitrogen and oxygen atoms in total. The van der Waals surface area contributed by atoms with Crippen LogP contribution in [-0.4, -0.2) is 48.6 Å². The summed E-state index contributed by atoms with van der Waals surface area (Å²) in [4.78, 5) is 24.2. The molecule has 6 heteroatoms. The number of carbonyl (C=O) groups is 2. The summed E-state index contributed by atoms with van der Waals surface area (Å²) in [6.45, 7) is 6.90. The second kappa shape index (κ2) is 7.33. The molecule has 1 saturated heterocycles. The van der Waals surface area contributed by atoms with Crippen molar-refractivity contribution in [2.75, 3.05) is 19.6 Å². The van der Waals surface area contributed by atoms with E-state index >= 15 is 0 Å². The minimum Gasteiger partial charge on any atom is -0.351 e. The first-order valence-electron chi connectivity index (χ1n) is 6.55. The zero-order valence-electron chi connectivity index (χ0n) is 11.2. The molecule has 1 aliphatic heterocycles. The number of nitrogens with zero attached hydrogens (tertiary/aromatic N) is 1. The van der Waals surface area contributed by atoms with Gasteiger partial charge < -0.3 is 11.1 Å². The fourth-order valence-corrected chi connectivity index (χ4v) is 2.20. The Morgan fingerprint density at radius 3 is 2.72 bits per heavy atom. The molecule has 0 aromatic carbocycles. The first kappa shape index (κ1) is 14.9. The molecular weight excluding hydrogens is 232 g/mol. The average molecular weight is 256 g/mol. The number of urea groups is 1. The summed E-state index contributed by atoms with van der Waals surface area (Å²) in [7, 11) is 0. The lowest BCUT2D eigenvalue weighted by Crippen LogP contribution is -2.43. The second-order valence-corrected chi connectivity index (χ2v) is 5.04. The standard InChI is InChI=1S/C12H24N4O2/c1-9(2)16(8-10-4-3-6-14-10)7-5-11(17)15-12(13)18/h9-10,14H,3-8H2,1-2H3,(H3,13,15,17,18). The van der Waals surface area contributed by atoms with Crippen LogP contribution in [-0.2, 0) is 4.79 Å². The van der Waals surface area contributed by atoms with Gasteiger partial charge in [-0.3, -0.25) is 15.0 Å². The Labute approximate surface area is 108 Å². The Hall–Kier alpha value is -1.14. The number of primary amides is 1. The summed E-state index contributed by atoms with van der Waals surface area (Å²) in [5.41, 5.74) is 4.90. The van der Waals surface area contributed by atoms with E-state index in [2.05, 4.69) is 29.4 Å². The van der Waals surface area contributed by atoms with Gasteiger partial charge in [0, 0.05) is 31.6 Å². The summed E-state index contributed by atoms with van der Waals surface area (Å²) in [6, 6.07) is 0.119. The Morgan fingerprint density at radius 2 is 2.22 bits per heavy atom. The van der Waals surface area contributed by atoms with Crippen molar-refractivity contribution in [3.63, 3.8) is 0 Å². The van der Waals surface area contributed by atoms with Crippen LogP contribution in [0.1, 0.15) is 33.1 Å². The smallest absolute Gasteiger partial charge is 0.318 e. The molecular formula is C12H24N4O2. The van der Waals surface area contributed by atoms with Crippen molar-refractivity contribution >= 4 is 11.9 Å². The SMILES string of the molecule is CC(C)N(CCC(=O)NC(N)=O)CC1CCCN1. The minimum atomic E-state index is -0.784. The van der Waals surface area contributed by atoms with Crippen molar-refractivity contribution in [2.24, 2.45) is 5.73 Å². The third-order valence-corrected chi connectivity index (χ3v) is 3.24. The lowest BCUT2D eigenvalue weighted by atomic mass is 10.2. The zero-order chi connectivity index (χ0) is 13.5. The van der Waals surface area contributed by atoms with Crippen LogP contribution in [0.15, 0.2) is 0 Å². The van der Waals surface area contributed by atoms with Crippen molar-refractivity contribution in [2.45, 2.75) is 45.2 Å². The molecule has 1 heterocycles. The van der Waals surface area contributed by atoms with Gasteiger partial charge in [0.2, 0.25) is 5.91 Å². The topological polar surface area (TPSA) is 87.5 Å². The van der Waals surface area contributed by atoms with E-state index in [1.807, 2.05) is 0 Å². The van der Waals surface area contributed by atoms with E-state index in [0.29, 0.717) is 25.0 Å². The summed E-state index contributed by atoms with van der Waals surface area (Å²) in [5, 5.41) is 5.53. The molecule has 0 saturated carbocycles. The molecule has 104 valence electrons. The van der Waals surface area contributed by atoms with E-state index in [1.165, 1.54) is 12.8 Å². The second-order valence-electron chi connectivity index (χ2n) is 5.04. The maximum Gasteiger partial charge on any atom is 0.318 e. The molecule has 4 N–H and O–H groups in total. The molecule has 3 amide bonds. The summed E-state index contributed by atoms with van der Waals surface area (Å²) < 4.78 is 0. The molecule has 1 atom stereocenters. The predicted octanol–water partition coefficient (Wildman–Crippen LogP) is 0.0338. The van der Waals surface area contributed by atoms with E-state index in [0.717, 1.165) is 13.1 Å². The van der Waals surface area contributed by atoms with Gasteiger partial charge in [0.1, 0.15) is 0 Å². The van der Waals surface area contributed by atoms with Crippen LogP contribution in [0, 0.1) is 0 Å². The van der Waals surface area contributed by atoms with Crippen molar-refractivity contribution in [1.82, 2.24) is 15.5 Å². The molecule has 18 heavy (non-hydrogen) atoms. The Bertz CT molecular complexity index is 288. The molecule has 1 unspecified atom stereocenters. The third kappa shape index (κ3) is 5.46. The largest absolute Gasteiger partial charge is 0.351 e. The van der Waals surface area contributed by atoms with E-state index in [9.17, 15) is 9.59 Å². The highest BCUT2D eigenvalue weighted by Crippen LogP contribution is 2.09. The van der Waals surface area contributed by atoms with Crippen LogP contribution in [0.5, 0.6) is 0 Å². The van der Waals surface area contributed by atoms with Crippen LogP contribution in [0.25, 0.3) is 0 Å². The highest BCUT2D eigenvalue weighted by molar-refractivity contribution is 5.93. The normalized spacial score (nSPS) is 19.4. The van der Waals surface area contributed by atoms with Crippen LogP contribution >= 0.6 is 0 Å². The van der Waals surface area contributed by atoms with Crippen molar-refractivity contribution < 1.29 is 9.59 Å². The van der Waals surface area contributed by atoms with Crippen molar-refractivity contribution in [3.8, 4) is 0 Å². The summed E-state index contributed by atoms with van der Waals surface area (Å²) in [6.07, 6.45) is 2.71. The monoisotopic (exact) mass is 256 g/mol. The minimum absolute atomic E-state index is 0.299. The van der Waals surface area contributed by atoms with Crippen molar-refractivity contribution in [3.05, 3.63) is 0 Å². The molecule has 1 rings (SSSR count). The number of imide groups is 1. The maximum atomic E-state index is 11.4. The van der Waals surface area contributed by atoms with E-state index in [4.69, 9.17) is 5.73 Å². The number of hydrogen-bond acceptors (Lipinski definition) is 4. The summed E-state index contributed by atoms with van der Waals surface area (Å²) >= 11 is 0. The fraction of sp³-hybridized carbons (Fsp3) is 0.833. The van der Waals surface area contributed by atoms with Crippen LogP contribution < -0.4 is 16.4 Å². The van der Waals surface area contributed by atoms with Gasteiger partial charge in [0.25, 0.3) is 0 Å². The quantitative estimate of drug-likeness (QED) is 0.626. The number of rotatable bonds is 6. The number of hydrogen-bond donors (Lipinski definition) is 3. The number of nitrogens with two attached hydrogens (primary N) is 1. The zero-order valence-corrected chi connectivity index (χ0v) is 11.2. The van der Waals surface area contributed by atoms with E-state index < -0.39 is 6.03 Å². The Balaban J connectivity index is 2.33. The molecule has 0 aromatic rings. The lowest BCUT2D eigenvalue weighted by Gasteiger charge is -2.29. The molecule has 0 spiro atoms. The number of carbonyl (C=O) groups excluding carboxylic acids is 2. The van der Waals surface area contributed by atoms with Crippen molar-refractivity contribution in [1.29, 1.82) is 0 Å². The summed E-state index contributed by atoms with van der Waals surface area (Å²) in [5.74, 6) is -0.312. The Kier molecular flexibility index (Phi) is 6.07.